The summed E-state index contributed by atoms with van der Waals surface area (Å²) in [4.78, 5) is 2.36. The minimum Gasteiger partial charge on any atom is -0.365 e. The van der Waals surface area contributed by atoms with Crippen LogP contribution in [-0.4, -0.2) is 37.2 Å². The van der Waals surface area contributed by atoms with Crippen molar-refractivity contribution in [1.29, 1.82) is 5.26 Å². The van der Waals surface area contributed by atoms with Gasteiger partial charge in [-0.05, 0) is 32.9 Å². The Hall–Kier alpha value is -1.03. The van der Waals surface area contributed by atoms with E-state index in [0.717, 1.165) is 6.54 Å². The van der Waals surface area contributed by atoms with Crippen molar-refractivity contribution in [1.82, 2.24) is 4.90 Å². The van der Waals surface area contributed by atoms with Gasteiger partial charge in [-0.1, -0.05) is 11.8 Å². The summed E-state index contributed by atoms with van der Waals surface area (Å²) < 4.78 is 5.33. The fraction of sp³-hybridized carbons (Fsp3) is 0.750. The van der Waals surface area contributed by atoms with Crippen molar-refractivity contribution in [2.24, 2.45) is 0 Å². The highest BCUT2D eigenvalue weighted by molar-refractivity contribution is 5.06. The number of ether oxygens (including phenoxy) is 1. The van der Waals surface area contributed by atoms with E-state index in [2.05, 4.69) is 16.7 Å². The predicted octanol–water partition coefficient (Wildman–Crippen LogP) is 1.40. The Balaban J connectivity index is 2.10. The molecule has 82 valence electrons. The van der Waals surface area contributed by atoms with Crippen LogP contribution in [0.2, 0.25) is 0 Å². The van der Waals surface area contributed by atoms with Gasteiger partial charge in [0.15, 0.2) is 0 Å². The van der Waals surface area contributed by atoms with E-state index in [4.69, 9.17) is 10.00 Å². The SMILES string of the molecule is CC(C#CCN1CCCC1)OCCC#N. The first-order valence-electron chi connectivity index (χ1n) is 5.52. The number of likely N-dealkylation sites (tertiary alicyclic amines) is 1. The van der Waals surface area contributed by atoms with E-state index < -0.39 is 0 Å². The molecule has 0 radical (unpaired) electrons. The van der Waals surface area contributed by atoms with E-state index in [-0.39, 0.29) is 6.10 Å². The molecular formula is C12H18N2O. The topological polar surface area (TPSA) is 36.3 Å². The van der Waals surface area contributed by atoms with Crippen LogP contribution in [0.1, 0.15) is 26.2 Å². The Kier molecular flexibility index (Phi) is 5.85. The molecule has 0 aromatic carbocycles. The van der Waals surface area contributed by atoms with Crippen LogP contribution in [0.4, 0.5) is 0 Å². The van der Waals surface area contributed by atoms with Crippen LogP contribution in [0.3, 0.4) is 0 Å². The van der Waals surface area contributed by atoms with E-state index in [9.17, 15) is 0 Å². The molecule has 3 heteroatoms. The summed E-state index contributed by atoms with van der Waals surface area (Å²) in [5, 5.41) is 8.33. The quantitative estimate of drug-likeness (QED) is 0.515. The molecule has 0 spiro atoms. The maximum atomic E-state index is 8.33. The third-order valence-corrected chi connectivity index (χ3v) is 2.39. The van der Waals surface area contributed by atoms with Crippen molar-refractivity contribution in [2.75, 3.05) is 26.2 Å². The second-order valence-electron chi connectivity index (χ2n) is 3.73. The first-order valence-corrected chi connectivity index (χ1v) is 5.52. The van der Waals surface area contributed by atoms with E-state index in [1.54, 1.807) is 0 Å². The number of hydrogen-bond acceptors (Lipinski definition) is 3. The van der Waals surface area contributed by atoms with Gasteiger partial charge in [0.2, 0.25) is 0 Å². The summed E-state index contributed by atoms with van der Waals surface area (Å²) in [5.74, 6) is 6.17. The fourth-order valence-corrected chi connectivity index (χ4v) is 1.56. The minimum absolute atomic E-state index is 0.0547. The van der Waals surface area contributed by atoms with Crippen LogP contribution >= 0.6 is 0 Å². The Morgan fingerprint density at radius 1 is 1.40 bits per heavy atom. The van der Waals surface area contributed by atoms with Gasteiger partial charge in [0.05, 0.1) is 25.6 Å². The molecule has 0 N–H and O–H groups in total. The normalized spacial score (nSPS) is 17.9. The Morgan fingerprint density at radius 3 is 2.80 bits per heavy atom. The average molecular weight is 206 g/mol. The van der Waals surface area contributed by atoms with Gasteiger partial charge in [-0.2, -0.15) is 5.26 Å². The molecule has 15 heavy (non-hydrogen) atoms. The summed E-state index contributed by atoms with van der Waals surface area (Å²) in [7, 11) is 0. The van der Waals surface area contributed by atoms with E-state index >= 15 is 0 Å². The number of hydrogen-bond donors (Lipinski definition) is 0. The van der Waals surface area contributed by atoms with Crippen molar-refractivity contribution in [3.8, 4) is 17.9 Å². The van der Waals surface area contributed by atoms with Crippen molar-refractivity contribution < 1.29 is 4.74 Å². The van der Waals surface area contributed by atoms with Gasteiger partial charge >= 0.3 is 0 Å². The van der Waals surface area contributed by atoms with Crippen molar-refractivity contribution in [3.63, 3.8) is 0 Å². The zero-order chi connectivity index (χ0) is 10.9. The summed E-state index contributed by atoms with van der Waals surface area (Å²) >= 11 is 0. The Labute approximate surface area is 92.0 Å². The van der Waals surface area contributed by atoms with Crippen LogP contribution in [0.5, 0.6) is 0 Å². The van der Waals surface area contributed by atoms with E-state index in [1.807, 2.05) is 13.0 Å². The van der Waals surface area contributed by atoms with E-state index in [1.165, 1.54) is 25.9 Å². The zero-order valence-electron chi connectivity index (χ0n) is 9.33. The summed E-state index contributed by atoms with van der Waals surface area (Å²) in [6, 6.07) is 2.04. The molecule has 1 saturated heterocycles. The lowest BCUT2D eigenvalue weighted by molar-refractivity contribution is 0.108. The maximum absolute atomic E-state index is 8.33. The molecular weight excluding hydrogens is 188 g/mol. The molecule has 1 atom stereocenters. The lowest BCUT2D eigenvalue weighted by atomic mass is 10.4. The van der Waals surface area contributed by atoms with Crippen LogP contribution in [0.25, 0.3) is 0 Å². The largest absolute Gasteiger partial charge is 0.365 e. The highest BCUT2D eigenvalue weighted by Gasteiger charge is 2.08. The number of nitriles is 1. The zero-order valence-corrected chi connectivity index (χ0v) is 9.33. The standard InChI is InChI=1S/C12H18N2O/c1-12(15-11-5-7-13)6-4-10-14-8-2-3-9-14/h12H,2-3,5,8-11H2,1H3. The molecule has 1 rings (SSSR count). The van der Waals surface area contributed by atoms with Gasteiger partial charge in [-0.25, -0.2) is 0 Å². The fourth-order valence-electron chi connectivity index (χ4n) is 1.56. The molecule has 0 aromatic rings. The highest BCUT2D eigenvalue weighted by atomic mass is 16.5. The maximum Gasteiger partial charge on any atom is 0.115 e. The smallest absolute Gasteiger partial charge is 0.115 e. The molecule has 0 aliphatic carbocycles. The van der Waals surface area contributed by atoms with Gasteiger partial charge in [0.25, 0.3) is 0 Å². The van der Waals surface area contributed by atoms with Gasteiger partial charge < -0.3 is 4.74 Å². The second-order valence-corrected chi connectivity index (χ2v) is 3.73. The molecule has 1 aliphatic rings. The van der Waals surface area contributed by atoms with Crippen LogP contribution in [0.15, 0.2) is 0 Å². The Morgan fingerprint density at radius 2 is 2.13 bits per heavy atom. The Bertz CT molecular complexity index is 266. The number of rotatable bonds is 4. The second kappa shape index (κ2) is 7.29. The summed E-state index contributed by atoms with van der Waals surface area (Å²) in [5.41, 5.74) is 0. The first kappa shape index (κ1) is 12.0. The predicted molar refractivity (Wildman–Crippen MR) is 59.1 cm³/mol. The van der Waals surface area contributed by atoms with Crippen molar-refractivity contribution in [3.05, 3.63) is 0 Å². The van der Waals surface area contributed by atoms with Gasteiger partial charge in [0.1, 0.15) is 6.10 Å². The molecule has 1 aliphatic heterocycles. The molecule has 0 saturated carbocycles. The van der Waals surface area contributed by atoms with Gasteiger partial charge in [-0.15, -0.1) is 0 Å². The monoisotopic (exact) mass is 206 g/mol. The van der Waals surface area contributed by atoms with Crippen molar-refractivity contribution >= 4 is 0 Å². The summed E-state index contributed by atoms with van der Waals surface area (Å²) in [6.07, 6.45) is 2.99. The highest BCUT2D eigenvalue weighted by Crippen LogP contribution is 2.05. The van der Waals surface area contributed by atoms with Crippen LogP contribution in [0, 0.1) is 23.2 Å². The third kappa shape index (κ3) is 5.42. The van der Waals surface area contributed by atoms with Crippen LogP contribution < -0.4 is 0 Å². The molecule has 1 fully saturated rings. The average Bonchev–Trinajstić information content (AvgIpc) is 2.71. The molecule has 1 unspecified atom stereocenters. The molecule has 0 bridgehead atoms. The van der Waals surface area contributed by atoms with Crippen molar-refractivity contribution in [2.45, 2.75) is 32.3 Å². The first-order chi connectivity index (χ1) is 7.33. The lowest BCUT2D eigenvalue weighted by Gasteiger charge is -2.09. The van der Waals surface area contributed by atoms with Crippen LogP contribution in [-0.2, 0) is 4.74 Å². The third-order valence-electron chi connectivity index (χ3n) is 2.39. The minimum atomic E-state index is -0.0547. The molecule has 0 aromatic heterocycles. The lowest BCUT2D eigenvalue weighted by Crippen LogP contribution is -2.19. The number of nitrogens with zero attached hydrogens (tertiary/aromatic N) is 2. The molecule has 0 amide bonds. The van der Waals surface area contributed by atoms with Gasteiger partial charge in [-0.3, -0.25) is 4.90 Å². The van der Waals surface area contributed by atoms with Gasteiger partial charge in [0, 0.05) is 0 Å². The molecule has 1 heterocycles. The summed E-state index contributed by atoms with van der Waals surface area (Å²) in [6.45, 7) is 5.62. The van der Waals surface area contributed by atoms with E-state index in [0.29, 0.717) is 13.0 Å². The molecule has 3 nitrogen and oxygen atoms in total.